The number of urea groups is 1. The fourth-order valence-electron chi connectivity index (χ4n) is 18.2. The van der Waals surface area contributed by atoms with Crippen LogP contribution in [0.5, 0.6) is 0 Å². The maximum absolute atomic E-state index is 14.2. The number of likely N-dealkylation sites (tertiary alicyclic amines) is 3. The van der Waals surface area contributed by atoms with Gasteiger partial charge in [0.05, 0.1) is 111 Å². The lowest BCUT2D eigenvalue weighted by Gasteiger charge is -2.56. The van der Waals surface area contributed by atoms with E-state index >= 15 is 0 Å². The lowest BCUT2D eigenvalue weighted by atomic mass is 9.67. The molecule has 10 rings (SSSR count). The second-order valence-corrected chi connectivity index (χ2v) is 30.9. The molecule has 6 saturated heterocycles. The summed E-state index contributed by atoms with van der Waals surface area (Å²) in [5, 5.41) is 26.6. The number of nitriles is 1. The Kier molecular flexibility index (Phi) is 32.6. The van der Waals surface area contributed by atoms with Crippen LogP contribution in [0.1, 0.15) is 148 Å². The number of piperidine rings is 2. The zero-order valence-corrected chi connectivity index (χ0v) is 60.4. The third kappa shape index (κ3) is 23.3. The van der Waals surface area contributed by atoms with Crippen molar-refractivity contribution >= 4 is 52.9 Å². The molecule has 4 saturated carbocycles. The number of carbonyl (C=O) groups is 5. The van der Waals surface area contributed by atoms with Crippen LogP contribution in [0.25, 0.3) is 0 Å². The summed E-state index contributed by atoms with van der Waals surface area (Å²) < 4.78 is 61.2. The zero-order valence-electron chi connectivity index (χ0n) is 58.9. The summed E-state index contributed by atoms with van der Waals surface area (Å²) in [6.45, 7) is 17.5. The van der Waals surface area contributed by atoms with Gasteiger partial charge in [0.2, 0.25) is 17.7 Å². The number of halogens is 3. The number of rotatable bonds is 39. The fourth-order valence-corrected chi connectivity index (χ4v) is 19.1. The van der Waals surface area contributed by atoms with Crippen molar-refractivity contribution in [3.05, 3.63) is 12.4 Å². The van der Waals surface area contributed by atoms with Gasteiger partial charge in [0, 0.05) is 112 Å². The molecule has 6 heterocycles. The van der Waals surface area contributed by atoms with Crippen LogP contribution in [0.3, 0.4) is 0 Å². The third-order valence-electron chi connectivity index (χ3n) is 23.3. The molecule has 0 bridgehead atoms. The minimum absolute atomic E-state index is 0.0272. The van der Waals surface area contributed by atoms with E-state index in [-0.39, 0.29) is 95.6 Å². The van der Waals surface area contributed by atoms with Crippen molar-refractivity contribution in [1.82, 2.24) is 51.1 Å². The number of hydrogen-bond donors (Lipinski definition) is 5. The van der Waals surface area contributed by atoms with Gasteiger partial charge < -0.3 is 58.3 Å². The molecule has 560 valence electrons. The van der Waals surface area contributed by atoms with E-state index in [1.807, 2.05) is 0 Å². The number of alkyl halides is 2. The Morgan fingerprint density at radius 3 is 2.06 bits per heavy atom. The highest BCUT2D eigenvalue weighted by molar-refractivity contribution is 6.21. The maximum atomic E-state index is 14.2. The topological polar surface area (TPSA) is 259 Å². The zero-order chi connectivity index (χ0) is 69.3. The number of piperazine rings is 1. The number of unbranched alkanes of at least 4 members (excludes halogenated alkanes) is 2. The molecule has 27 heteroatoms. The molecule has 0 radical (unpaired) electrons. The lowest BCUT2D eigenvalue weighted by molar-refractivity contribution is -0.144. The third-order valence-corrected chi connectivity index (χ3v) is 24.2. The Morgan fingerprint density at radius 2 is 1.36 bits per heavy atom. The van der Waals surface area contributed by atoms with Crippen LogP contribution in [0.15, 0.2) is 12.4 Å². The number of ether oxygens (including phenoxy) is 8. The van der Waals surface area contributed by atoms with Gasteiger partial charge in [-0.3, -0.25) is 49.8 Å². The summed E-state index contributed by atoms with van der Waals surface area (Å²) in [5.74, 6) is -0.0829. The fraction of sp³-hybridized carbons (Fsp3) is 0.889. The maximum Gasteiger partial charge on any atom is 0.315 e. The van der Waals surface area contributed by atoms with Gasteiger partial charge in [-0.1, -0.05) is 45.1 Å². The summed E-state index contributed by atoms with van der Waals surface area (Å²) in [6.07, 6.45) is 21.1. The summed E-state index contributed by atoms with van der Waals surface area (Å²) in [5.41, 5.74) is 0. The van der Waals surface area contributed by atoms with Gasteiger partial charge in [0.1, 0.15) is 6.04 Å². The van der Waals surface area contributed by atoms with E-state index in [1.54, 1.807) is 4.90 Å². The number of carbonyl (C=O) groups excluding carboxylic acids is 5. The number of nitrogens with one attached hydrogen (secondary N) is 5. The number of nitrogens with zero attached hydrogens (tertiary/aromatic N) is 6. The molecule has 5 N–H and O–H groups in total. The number of amides is 6. The number of fused-ring (bicyclic) bond motifs is 3. The van der Waals surface area contributed by atoms with Crippen LogP contribution < -0.4 is 26.6 Å². The first-order chi connectivity index (χ1) is 48.3. The largest absolute Gasteiger partial charge is 0.379 e. The van der Waals surface area contributed by atoms with Crippen molar-refractivity contribution < 1.29 is 66.3 Å². The highest BCUT2D eigenvalue weighted by Crippen LogP contribution is 2.46. The first-order valence-corrected chi connectivity index (χ1v) is 39.1. The first-order valence-electron chi connectivity index (χ1n) is 38.2. The van der Waals surface area contributed by atoms with Crippen molar-refractivity contribution in [3.8, 4) is 6.07 Å². The van der Waals surface area contributed by atoms with Gasteiger partial charge in [-0.05, 0) is 139 Å². The van der Waals surface area contributed by atoms with Crippen LogP contribution >= 0.6 is 23.2 Å². The van der Waals surface area contributed by atoms with Crippen LogP contribution in [0, 0.1) is 52.8 Å². The summed E-state index contributed by atoms with van der Waals surface area (Å²) >= 11 is 13.8. The Hall–Kier alpha value is -3.43. The van der Waals surface area contributed by atoms with Crippen LogP contribution in [0.4, 0.5) is 9.18 Å². The smallest absolute Gasteiger partial charge is 0.315 e. The van der Waals surface area contributed by atoms with Gasteiger partial charge in [0.15, 0.2) is 12.2 Å². The van der Waals surface area contributed by atoms with E-state index < -0.39 is 23.8 Å². The highest BCUT2D eigenvalue weighted by atomic mass is 35.5. The minimum Gasteiger partial charge on any atom is -0.379 e. The molecule has 0 aromatic carbocycles. The molecule has 6 amide bonds. The molecule has 10 fully saturated rings. The van der Waals surface area contributed by atoms with Crippen molar-refractivity contribution in [2.24, 2.45) is 41.4 Å². The molecular weight excluding hydrogens is 1320 g/mol. The molecule has 6 aliphatic heterocycles. The van der Waals surface area contributed by atoms with Crippen molar-refractivity contribution in [2.75, 3.05) is 158 Å². The SMILES string of the molecule is C=C(F)C(=O)N1CCN(C2NC(OC[C@@H]3CCCN3CCCOCCOCCOCCOCCOCCOCCOCCCCCC3CCC(Cl)CC3NC(=O)NCC3CCC4C(=O)N(C5CCC(=O)NC5=O)CC4C3)NC3CN(C4CCCC5CCCC(Cl)C54)CCC32)C[C@@H]1CC#N. The lowest BCUT2D eigenvalue weighted by Crippen LogP contribution is -2.74. The van der Waals surface area contributed by atoms with Crippen molar-refractivity contribution in [2.45, 2.75) is 207 Å². The Morgan fingerprint density at radius 1 is 0.667 bits per heavy atom. The molecule has 99 heavy (non-hydrogen) atoms. The standard InChI is InChI=1S/C72H118Cl2FN11O13/c1-50(75)69(89)85-28-27-84(47-56(85)21-23-76)67-59-22-26-83(63-14-6-11-53-10-5-13-60(74)66(53)63)48-62(59)79-72(81-67)99-49-57-12-7-24-82(57)25-8-30-93-32-34-95-36-38-97-40-42-98-41-39-96-37-35-94-33-31-92-29-4-2-3-9-52-16-17-55(73)44-61(52)78-71(91)77-45-51-15-18-58-54(43-51)46-86(70(58)90)64-19-20-65(87)80-68(64)88/h51-64,66-67,72,79,81H,1-22,24-49H2,(H2,77,78,91)(H,80,87,88)/t51?,52?,53?,54?,55?,56-,57-,58?,59?,60?,61?,62?,63?,64?,66?,67?,72?/m0/s1. The van der Waals surface area contributed by atoms with Crippen molar-refractivity contribution in [3.63, 3.8) is 0 Å². The molecule has 0 spiro atoms. The molecular formula is C72H118Cl2FN11O13. The Balaban J connectivity index is 0.495. The van der Waals surface area contributed by atoms with Crippen LogP contribution in [-0.2, 0) is 57.1 Å². The number of imide groups is 1. The van der Waals surface area contributed by atoms with E-state index in [0.29, 0.717) is 168 Å². The molecule has 15 unspecified atom stereocenters. The predicted octanol–water partition coefficient (Wildman–Crippen LogP) is 6.27. The van der Waals surface area contributed by atoms with E-state index in [0.717, 1.165) is 122 Å². The van der Waals surface area contributed by atoms with E-state index in [4.69, 9.17) is 61.1 Å². The quantitative estimate of drug-likeness (QED) is 0.0197. The van der Waals surface area contributed by atoms with Crippen LogP contribution in [0.2, 0.25) is 0 Å². The average Bonchev–Trinajstić information content (AvgIpc) is 1.57. The van der Waals surface area contributed by atoms with Gasteiger partial charge in [-0.15, -0.1) is 23.2 Å². The second-order valence-electron chi connectivity index (χ2n) is 29.7. The molecule has 4 aliphatic carbocycles. The van der Waals surface area contributed by atoms with Gasteiger partial charge in [-0.25, -0.2) is 9.18 Å². The highest BCUT2D eigenvalue weighted by Gasteiger charge is 2.51. The molecule has 24 nitrogen and oxygen atoms in total. The summed E-state index contributed by atoms with van der Waals surface area (Å²) in [4.78, 5) is 74.2. The normalized spacial score (nSPS) is 33.2. The monoisotopic (exact) mass is 1430 g/mol. The van der Waals surface area contributed by atoms with Crippen molar-refractivity contribution in [1.29, 1.82) is 5.26 Å². The molecule has 17 atom stereocenters. The van der Waals surface area contributed by atoms with Gasteiger partial charge in [0.25, 0.3) is 5.91 Å². The number of hydrogen-bond acceptors (Lipinski definition) is 19. The summed E-state index contributed by atoms with van der Waals surface area (Å²) in [7, 11) is 0. The predicted molar refractivity (Wildman–Crippen MR) is 372 cm³/mol. The molecule has 10 aliphatic rings. The van der Waals surface area contributed by atoms with Gasteiger partial charge in [-0.2, -0.15) is 5.26 Å². The van der Waals surface area contributed by atoms with E-state index in [9.17, 15) is 33.6 Å². The Labute approximate surface area is 597 Å². The van der Waals surface area contributed by atoms with Crippen LogP contribution in [-0.4, -0.2) is 272 Å². The molecule has 0 aromatic heterocycles. The summed E-state index contributed by atoms with van der Waals surface area (Å²) in [6, 6.07) is 2.10. The van der Waals surface area contributed by atoms with Gasteiger partial charge >= 0.3 is 6.03 Å². The Bertz CT molecular complexity index is 2570. The second kappa shape index (κ2) is 41.3. The van der Waals surface area contributed by atoms with E-state index in [2.05, 4.69) is 53.9 Å². The van der Waals surface area contributed by atoms with E-state index in [1.165, 1.54) is 37.0 Å². The molecule has 0 aromatic rings. The minimum atomic E-state index is -0.985. The average molecular weight is 1440 g/mol. The first kappa shape index (κ1) is 78.2.